The Kier molecular flexibility index (Phi) is 6.64. The minimum Gasteiger partial charge on any atom is -0.497 e. The normalized spacial score (nSPS) is 25.7. The molecule has 0 fully saturated rings. The molecular formula is C17H24N6O2. The number of methoxy groups -OCH3 is 2. The van der Waals surface area contributed by atoms with Gasteiger partial charge in [-0.1, -0.05) is 0 Å². The number of hydrogen-bond acceptors (Lipinski definition) is 6. The third-order valence-corrected chi connectivity index (χ3v) is 3.63. The number of amidine groups is 2. The fourth-order valence-electron chi connectivity index (χ4n) is 2.05. The van der Waals surface area contributed by atoms with Crippen LogP contribution in [0, 0.1) is 0 Å². The first-order chi connectivity index (χ1) is 12.0. The molecule has 25 heavy (non-hydrogen) atoms. The molecule has 2 atom stereocenters. The fourth-order valence-corrected chi connectivity index (χ4v) is 2.05. The van der Waals surface area contributed by atoms with Gasteiger partial charge in [0.15, 0.2) is 17.8 Å². The van der Waals surface area contributed by atoms with Gasteiger partial charge in [0.05, 0.1) is 13.2 Å². The highest BCUT2D eigenvalue weighted by Crippen LogP contribution is 2.14. The lowest BCUT2D eigenvalue weighted by Gasteiger charge is -2.23. The Balaban J connectivity index is 2.07. The summed E-state index contributed by atoms with van der Waals surface area (Å²) in [5, 5.41) is 16.8. The molecule has 0 bridgehead atoms. The van der Waals surface area contributed by atoms with Gasteiger partial charge in [-0.2, -0.15) is 5.11 Å². The molecule has 0 spiro atoms. The Labute approximate surface area is 148 Å². The number of hydrogen-bond donors (Lipinski definition) is 0. The molecule has 0 aromatic rings. The number of azo groups is 1. The zero-order chi connectivity index (χ0) is 18.2. The van der Waals surface area contributed by atoms with Crippen molar-refractivity contribution in [2.24, 2.45) is 20.4 Å². The van der Waals surface area contributed by atoms with Crippen LogP contribution < -0.4 is 0 Å². The summed E-state index contributed by atoms with van der Waals surface area (Å²) >= 11 is 0. The number of nitrogens with zero attached hydrogens (tertiary/aromatic N) is 6. The molecule has 0 aromatic carbocycles. The van der Waals surface area contributed by atoms with E-state index in [1.165, 1.54) is 0 Å². The standard InChI is InChI=1S/C17H24N6O2/c1-13(19-21-17-12-15(25-5)9-11-23(17)3)18-20-16-7-6-14(24-4)8-10-22(16)2/h6-12,14,17H,1-5H3/b18-13+,20-16+,21-19?. The van der Waals surface area contributed by atoms with Crippen LogP contribution in [0.3, 0.4) is 0 Å². The zero-order valence-corrected chi connectivity index (χ0v) is 15.2. The van der Waals surface area contributed by atoms with Crippen molar-refractivity contribution < 1.29 is 9.47 Å². The van der Waals surface area contributed by atoms with Gasteiger partial charge in [-0.25, -0.2) is 0 Å². The maximum atomic E-state index is 5.28. The minimum absolute atomic E-state index is 0.0726. The molecule has 0 saturated carbocycles. The molecule has 2 aliphatic heterocycles. The van der Waals surface area contributed by atoms with Gasteiger partial charge in [0.25, 0.3) is 0 Å². The van der Waals surface area contributed by atoms with Gasteiger partial charge in [-0.3, -0.25) is 0 Å². The molecule has 2 aliphatic rings. The molecule has 0 aromatic heterocycles. The summed E-state index contributed by atoms with van der Waals surface area (Å²) in [6.07, 6.45) is 12.9. The van der Waals surface area contributed by atoms with Gasteiger partial charge < -0.3 is 19.3 Å². The highest BCUT2D eigenvalue weighted by molar-refractivity contribution is 5.94. The van der Waals surface area contributed by atoms with Gasteiger partial charge in [0.2, 0.25) is 0 Å². The molecule has 8 nitrogen and oxygen atoms in total. The molecule has 0 N–H and O–H groups in total. The first-order valence-corrected chi connectivity index (χ1v) is 7.84. The lowest BCUT2D eigenvalue weighted by Crippen LogP contribution is -2.25. The Morgan fingerprint density at radius 1 is 1.12 bits per heavy atom. The highest BCUT2D eigenvalue weighted by atomic mass is 16.5. The first kappa shape index (κ1) is 18.6. The first-order valence-electron chi connectivity index (χ1n) is 7.84. The Morgan fingerprint density at radius 2 is 1.92 bits per heavy atom. The molecule has 0 radical (unpaired) electrons. The van der Waals surface area contributed by atoms with Gasteiger partial charge in [-0.15, -0.1) is 15.3 Å². The summed E-state index contributed by atoms with van der Waals surface area (Å²) in [6.45, 7) is 1.75. The summed E-state index contributed by atoms with van der Waals surface area (Å²) in [5.41, 5.74) is 0. The zero-order valence-electron chi connectivity index (χ0n) is 15.2. The molecule has 8 heteroatoms. The second-order valence-electron chi connectivity index (χ2n) is 5.50. The summed E-state index contributed by atoms with van der Waals surface area (Å²) in [5.74, 6) is 1.90. The van der Waals surface area contributed by atoms with Crippen molar-refractivity contribution in [2.45, 2.75) is 19.2 Å². The van der Waals surface area contributed by atoms with E-state index in [9.17, 15) is 0 Å². The van der Waals surface area contributed by atoms with Crippen LogP contribution in [0.25, 0.3) is 0 Å². The van der Waals surface area contributed by atoms with Crippen molar-refractivity contribution in [1.82, 2.24) is 9.80 Å². The smallest absolute Gasteiger partial charge is 0.170 e. The fraction of sp³-hybridized carbons (Fsp3) is 0.412. The second-order valence-corrected chi connectivity index (χ2v) is 5.50. The van der Waals surface area contributed by atoms with Crippen molar-refractivity contribution in [3.05, 3.63) is 48.5 Å². The number of ether oxygens (including phenoxy) is 2. The van der Waals surface area contributed by atoms with Crippen LogP contribution >= 0.6 is 0 Å². The van der Waals surface area contributed by atoms with Gasteiger partial charge in [0.1, 0.15) is 5.76 Å². The molecular weight excluding hydrogens is 320 g/mol. The van der Waals surface area contributed by atoms with E-state index in [1.54, 1.807) is 21.1 Å². The lowest BCUT2D eigenvalue weighted by atomic mass is 10.3. The largest absolute Gasteiger partial charge is 0.497 e. The van der Waals surface area contributed by atoms with Crippen LogP contribution in [-0.4, -0.2) is 62.1 Å². The predicted octanol–water partition coefficient (Wildman–Crippen LogP) is 2.52. The molecule has 134 valence electrons. The van der Waals surface area contributed by atoms with Gasteiger partial charge in [0, 0.05) is 39.7 Å². The van der Waals surface area contributed by atoms with Crippen LogP contribution in [0.15, 0.2) is 69.0 Å². The minimum atomic E-state index is -0.233. The van der Waals surface area contributed by atoms with E-state index >= 15 is 0 Å². The van der Waals surface area contributed by atoms with Crippen molar-refractivity contribution in [2.75, 3.05) is 28.3 Å². The maximum absolute atomic E-state index is 5.28. The van der Waals surface area contributed by atoms with Crippen LogP contribution in [-0.2, 0) is 9.47 Å². The van der Waals surface area contributed by atoms with E-state index < -0.39 is 0 Å². The van der Waals surface area contributed by atoms with Crippen molar-refractivity contribution >= 4 is 11.7 Å². The quantitative estimate of drug-likeness (QED) is 0.340. The molecule has 2 heterocycles. The van der Waals surface area contributed by atoms with Crippen molar-refractivity contribution in [3.63, 3.8) is 0 Å². The Bertz CT molecular complexity index is 675. The number of likely N-dealkylation sites (N-methyl/N-ethyl adjacent to an activating group) is 2. The van der Waals surface area contributed by atoms with E-state index in [0.29, 0.717) is 11.7 Å². The lowest BCUT2D eigenvalue weighted by molar-refractivity contribution is 0.177. The monoisotopic (exact) mass is 344 g/mol. The van der Waals surface area contributed by atoms with Crippen LogP contribution in [0.2, 0.25) is 0 Å². The predicted molar refractivity (Wildman–Crippen MR) is 98.0 cm³/mol. The molecule has 0 aliphatic carbocycles. The Morgan fingerprint density at radius 3 is 2.64 bits per heavy atom. The summed E-state index contributed by atoms with van der Waals surface area (Å²) in [6, 6.07) is 0. The third-order valence-electron chi connectivity index (χ3n) is 3.63. The van der Waals surface area contributed by atoms with E-state index in [-0.39, 0.29) is 12.3 Å². The summed E-state index contributed by atoms with van der Waals surface area (Å²) in [7, 11) is 7.09. The van der Waals surface area contributed by atoms with E-state index in [4.69, 9.17) is 9.47 Å². The molecule has 2 unspecified atom stereocenters. The van der Waals surface area contributed by atoms with Gasteiger partial charge in [-0.05, 0) is 31.2 Å². The number of allylic oxidation sites excluding steroid dienone is 1. The average Bonchev–Trinajstić information content (AvgIpc) is 2.80. The van der Waals surface area contributed by atoms with Crippen molar-refractivity contribution in [3.8, 4) is 0 Å². The summed E-state index contributed by atoms with van der Waals surface area (Å²) < 4.78 is 10.5. The van der Waals surface area contributed by atoms with Crippen LogP contribution in [0.1, 0.15) is 6.92 Å². The van der Waals surface area contributed by atoms with Crippen LogP contribution in [0.5, 0.6) is 0 Å². The third kappa shape index (κ3) is 5.39. The van der Waals surface area contributed by atoms with E-state index in [2.05, 4.69) is 20.4 Å². The number of rotatable bonds is 4. The van der Waals surface area contributed by atoms with E-state index in [1.807, 2.05) is 66.7 Å². The maximum Gasteiger partial charge on any atom is 0.170 e. The molecule has 2 rings (SSSR count). The van der Waals surface area contributed by atoms with Gasteiger partial charge >= 0.3 is 0 Å². The highest BCUT2D eigenvalue weighted by Gasteiger charge is 2.13. The Hall–Kier alpha value is -2.74. The summed E-state index contributed by atoms with van der Waals surface area (Å²) in [4.78, 5) is 3.78. The molecule has 0 saturated heterocycles. The van der Waals surface area contributed by atoms with E-state index in [0.717, 1.165) is 5.76 Å². The SMILES string of the molecule is COC1=CC(N=N/C(C)=N/N=C2\C=CC(OC)C=CN2C)N(C)C=C1. The van der Waals surface area contributed by atoms with Crippen LogP contribution in [0.4, 0.5) is 0 Å². The average molecular weight is 344 g/mol. The van der Waals surface area contributed by atoms with Crippen molar-refractivity contribution in [1.29, 1.82) is 0 Å². The molecule has 0 amide bonds. The topological polar surface area (TPSA) is 74.4 Å². The second kappa shape index (κ2) is 8.93.